The molecule has 2 aromatic rings. The summed E-state index contributed by atoms with van der Waals surface area (Å²) >= 11 is 8.23. The van der Waals surface area contributed by atoms with Crippen molar-refractivity contribution in [2.75, 3.05) is 26.9 Å². The minimum Gasteiger partial charge on any atom is -0.493 e. The maximum absolute atomic E-state index is 14.2. The Morgan fingerprint density at radius 3 is 2.50 bits per heavy atom. The SMILES string of the molecule is COc1cc(CO)cc(I)c1OC1C=C(C(=O)NCCO)CC(N(Cc2ccc(Cl)cc2)C(=O)COC2CC(C)CCC2C(C)C)C1O. The van der Waals surface area contributed by atoms with Gasteiger partial charge >= 0.3 is 0 Å². The number of rotatable bonds is 14. The average Bonchev–Trinajstić information content (AvgIpc) is 3.07. The molecule has 0 radical (unpaired) electrons. The lowest BCUT2D eigenvalue weighted by Gasteiger charge is -2.41. The van der Waals surface area contributed by atoms with Gasteiger partial charge in [-0.2, -0.15) is 0 Å². The van der Waals surface area contributed by atoms with Gasteiger partial charge in [0.15, 0.2) is 11.5 Å². The number of nitrogens with zero attached hydrogens (tertiary/aromatic N) is 1. The minimum atomic E-state index is -1.24. The molecule has 0 heterocycles. The first-order valence-electron chi connectivity index (χ1n) is 16.5. The Morgan fingerprint density at radius 1 is 1.12 bits per heavy atom. The lowest BCUT2D eigenvalue weighted by atomic mass is 9.75. The van der Waals surface area contributed by atoms with Crippen molar-refractivity contribution in [3.05, 3.63) is 67.8 Å². The average molecular weight is 799 g/mol. The van der Waals surface area contributed by atoms with Crippen LogP contribution in [0.3, 0.4) is 0 Å². The van der Waals surface area contributed by atoms with Crippen LogP contribution in [0, 0.1) is 21.3 Å². The molecule has 0 bridgehead atoms. The van der Waals surface area contributed by atoms with Gasteiger partial charge in [0, 0.05) is 30.1 Å². The van der Waals surface area contributed by atoms with Gasteiger partial charge in [0.1, 0.15) is 18.8 Å². The van der Waals surface area contributed by atoms with Crippen LogP contribution in [-0.4, -0.2) is 83.3 Å². The molecule has 6 atom stereocenters. The van der Waals surface area contributed by atoms with E-state index >= 15 is 0 Å². The van der Waals surface area contributed by atoms with E-state index in [1.165, 1.54) is 7.11 Å². The van der Waals surface area contributed by atoms with Gasteiger partial charge in [-0.25, -0.2) is 0 Å². The monoisotopic (exact) mass is 798 g/mol. The quantitative estimate of drug-likeness (QED) is 0.199. The fourth-order valence-electron chi connectivity index (χ4n) is 6.64. The van der Waals surface area contributed by atoms with Crippen LogP contribution in [0.1, 0.15) is 57.6 Å². The molecule has 4 N–H and O–H groups in total. The van der Waals surface area contributed by atoms with E-state index in [1.54, 1.807) is 35.2 Å². The number of hydrogen-bond acceptors (Lipinski definition) is 8. The molecule has 2 aliphatic rings. The van der Waals surface area contributed by atoms with Crippen LogP contribution in [0.2, 0.25) is 5.02 Å². The number of halogens is 2. The number of aliphatic hydroxyl groups excluding tert-OH is 3. The number of carbonyl (C=O) groups excluding carboxylic acids is 2. The number of hydrogen-bond donors (Lipinski definition) is 4. The van der Waals surface area contributed by atoms with E-state index in [0.717, 1.165) is 24.8 Å². The third-order valence-corrected chi connectivity index (χ3v) is 10.4. The van der Waals surface area contributed by atoms with E-state index in [9.17, 15) is 24.9 Å². The first-order valence-corrected chi connectivity index (χ1v) is 18.0. The normalized spacial score (nSPS) is 24.2. The Morgan fingerprint density at radius 2 is 1.85 bits per heavy atom. The van der Waals surface area contributed by atoms with Crippen molar-refractivity contribution >= 4 is 46.0 Å². The van der Waals surface area contributed by atoms with Gasteiger partial charge < -0.3 is 39.7 Å². The number of benzene rings is 2. The second kappa shape index (κ2) is 18.0. The van der Waals surface area contributed by atoms with Crippen LogP contribution in [0.4, 0.5) is 0 Å². The van der Waals surface area contributed by atoms with Crippen molar-refractivity contribution in [2.24, 2.45) is 17.8 Å². The van der Waals surface area contributed by atoms with Crippen molar-refractivity contribution in [1.29, 1.82) is 0 Å². The summed E-state index contributed by atoms with van der Waals surface area (Å²) < 4.78 is 19.0. The Kier molecular flexibility index (Phi) is 14.4. The third-order valence-electron chi connectivity index (χ3n) is 9.31. The lowest BCUT2D eigenvalue weighted by Crippen LogP contribution is -2.55. The Balaban J connectivity index is 1.69. The topological polar surface area (TPSA) is 138 Å². The van der Waals surface area contributed by atoms with Crippen LogP contribution in [0.25, 0.3) is 0 Å². The highest BCUT2D eigenvalue weighted by Gasteiger charge is 2.41. The molecular weight excluding hydrogens is 751 g/mol. The van der Waals surface area contributed by atoms with Crippen LogP contribution in [0.15, 0.2) is 48.0 Å². The van der Waals surface area contributed by atoms with E-state index in [4.69, 9.17) is 25.8 Å². The summed E-state index contributed by atoms with van der Waals surface area (Å²) in [7, 11) is 1.48. The zero-order valence-electron chi connectivity index (χ0n) is 28.0. The van der Waals surface area contributed by atoms with Crippen molar-refractivity contribution < 1.29 is 39.1 Å². The number of methoxy groups -OCH3 is 1. The lowest BCUT2D eigenvalue weighted by molar-refractivity contribution is -0.149. The van der Waals surface area contributed by atoms with Gasteiger partial charge in [-0.1, -0.05) is 50.9 Å². The van der Waals surface area contributed by atoms with Gasteiger partial charge in [-0.3, -0.25) is 9.59 Å². The van der Waals surface area contributed by atoms with Gasteiger partial charge in [-0.15, -0.1) is 0 Å². The standard InChI is InChI=1S/C36H48ClIN2O8/c1-21(2)27-10-5-22(3)13-30(27)47-20-33(43)40(18-23-6-8-26(37)9-7-23)29-16-25(36(45)39-11-12-41)17-31(34(29)44)48-35-28(38)14-24(19-42)15-32(35)46-4/h6-9,14-15,17,21-22,27,29-31,34,41-42,44H,5,10-13,16,18-20H2,1-4H3,(H,39,45). The fourth-order valence-corrected chi connectivity index (χ4v) is 7.56. The van der Waals surface area contributed by atoms with Gasteiger partial charge in [-0.05, 0) is 94.7 Å². The summed E-state index contributed by atoms with van der Waals surface area (Å²) in [6, 6.07) is 9.66. The summed E-state index contributed by atoms with van der Waals surface area (Å²) in [6.45, 7) is 6.16. The minimum absolute atomic E-state index is 0.0430. The van der Waals surface area contributed by atoms with Crippen LogP contribution in [0.5, 0.6) is 11.5 Å². The molecule has 1 fully saturated rings. The van der Waals surface area contributed by atoms with Crippen molar-refractivity contribution in [1.82, 2.24) is 10.2 Å². The number of amides is 2. The van der Waals surface area contributed by atoms with E-state index in [-0.39, 0.29) is 51.3 Å². The Bertz CT molecular complexity index is 1420. The molecule has 1 saturated carbocycles. The first-order chi connectivity index (χ1) is 22.9. The summed E-state index contributed by atoms with van der Waals surface area (Å²) in [5, 5.41) is 34.3. The van der Waals surface area contributed by atoms with E-state index in [0.29, 0.717) is 49.0 Å². The van der Waals surface area contributed by atoms with Crippen molar-refractivity contribution in [2.45, 2.75) is 84.0 Å². The molecule has 4 rings (SSSR count). The summed E-state index contributed by atoms with van der Waals surface area (Å²) in [5.74, 6) is 1.19. The number of nitrogens with one attached hydrogen (secondary N) is 1. The molecule has 2 amide bonds. The predicted molar refractivity (Wildman–Crippen MR) is 192 cm³/mol. The maximum atomic E-state index is 14.2. The molecule has 6 unspecified atom stereocenters. The molecule has 0 aromatic heterocycles. The van der Waals surface area contributed by atoms with Crippen LogP contribution in [-0.2, 0) is 27.5 Å². The first kappa shape index (κ1) is 38.4. The summed E-state index contributed by atoms with van der Waals surface area (Å²) in [5.41, 5.74) is 1.72. The maximum Gasteiger partial charge on any atom is 0.249 e. The zero-order valence-corrected chi connectivity index (χ0v) is 30.9. The summed E-state index contributed by atoms with van der Waals surface area (Å²) in [6.07, 6.45) is 2.31. The number of carbonyl (C=O) groups is 2. The summed E-state index contributed by atoms with van der Waals surface area (Å²) in [4.78, 5) is 29.1. The molecule has 12 heteroatoms. The van der Waals surface area contributed by atoms with Crippen molar-refractivity contribution in [3.63, 3.8) is 0 Å². The largest absolute Gasteiger partial charge is 0.493 e. The molecule has 264 valence electrons. The molecule has 0 aliphatic heterocycles. The fraction of sp³-hybridized carbons (Fsp3) is 0.556. The Labute approximate surface area is 301 Å². The molecule has 2 aliphatic carbocycles. The highest BCUT2D eigenvalue weighted by molar-refractivity contribution is 14.1. The number of aliphatic hydroxyl groups is 3. The van der Waals surface area contributed by atoms with Crippen LogP contribution < -0.4 is 14.8 Å². The van der Waals surface area contributed by atoms with Gasteiger partial charge in [0.05, 0.1) is 36.0 Å². The smallest absolute Gasteiger partial charge is 0.249 e. The second-order valence-electron chi connectivity index (χ2n) is 13.1. The molecule has 0 spiro atoms. The van der Waals surface area contributed by atoms with Gasteiger partial charge in [0.2, 0.25) is 11.8 Å². The zero-order chi connectivity index (χ0) is 35.0. The van der Waals surface area contributed by atoms with Crippen LogP contribution >= 0.6 is 34.2 Å². The third kappa shape index (κ3) is 9.85. The number of ether oxygens (including phenoxy) is 3. The highest BCUT2D eigenvalue weighted by atomic mass is 127. The van der Waals surface area contributed by atoms with Gasteiger partial charge in [0.25, 0.3) is 0 Å². The molecule has 2 aromatic carbocycles. The molecular formula is C36H48ClIN2O8. The molecule has 48 heavy (non-hydrogen) atoms. The van der Waals surface area contributed by atoms with E-state index < -0.39 is 24.2 Å². The van der Waals surface area contributed by atoms with Crippen molar-refractivity contribution in [3.8, 4) is 11.5 Å². The highest BCUT2D eigenvalue weighted by Crippen LogP contribution is 2.38. The predicted octanol–water partition coefficient (Wildman–Crippen LogP) is 4.87. The van der Waals surface area contributed by atoms with E-state index in [2.05, 4.69) is 48.7 Å². The molecule has 0 saturated heterocycles. The molecule has 10 nitrogen and oxygen atoms in total. The Hall–Kier alpha value is -2.42. The van der Waals surface area contributed by atoms with E-state index in [1.807, 2.05) is 12.1 Å². The second-order valence-corrected chi connectivity index (χ2v) is 14.7.